The van der Waals surface area contributed by atoms with E-state index >= 15 is 0 Å². The summed E-state index contributed by atoms with van der Waals surface area (Å²) in [4.78, 5) is 36.1. The summed E-state index contributed by atoms with van der Waals surface area (Å²) < 4.78 is 40.5. The van der Waals surface area contributed by atoms with Crippen LogP contribution in [-0.4, -0.2) is 52.0 Å². The van der Waals surface area contributed by atoms with E-state index in [1.54, 1.807) is 23.1 Å². The maximum absolute atomic E-state index is 13.5. The molecule has 0 radical (unpaired) electrons. The average molecular weight is 580 g/mol. The summed E-state index contributed by atoms with van der Waals surface area (Å²) in [6, 6.07) is 11.0. The Morgan fingerprint density at radius 1 is 1.12 bits per heavy atom. The summed E-state index contributed by atoms with van der Waals surface area (Å²) in [6.45, 7) is 8.75. The lowest BCUT2D eigenvalue weighted by atomic mass is 9.73. The van der Waals surface area contributed by atoms with Crippen molar-refractivity contribution in [2.24, 2.45) is 11.8 Å². The van der Waals surface area contributed by atoms with Gasteiger partial charge in [-0.2, -0.15) is 13.2 Å². The minimum Gasteiger partial charge on any atom is -0.355 e. The van der Waals surface area contributed by atoms with Crippen molar-refractivity contribution in [2.75, 3.05) is 19.6 Å². The Kier molecular flexibility index (Phi) is 7.92. The summed E-state index contributed by atoms with van der Waals surface area (Å²) in [7, 11) is 0. The number of allylic oxidation sites excluding steroid dienone is 2. The molecule has 5 rings (SSSR count). The second-order valence-electron chi connectivity index (χ2n) is 12.1. The smallest absolute Gasteiger partial charge is 0.355 e. The Balaban J connectivity index is 1.36. The molecule has 2 unspecified atom stereocenters. The van der Waals surface area contributed by atoms with Crippen LogP contribution in [-0.2, 0) is 17.4 Å². The second kappa shape index (κ2) is 11.3. The molecule has 1 fully saturated rings. The summed E-state index contributed by atoms with van der Waals surface area (Å²) >= 11 is 0. The number of aryl methyl sites for hydroxylation is 1. The highest BCUT2D eigenvalue weighted by Crippen LogP contribution is 2.41. The van der Waals surface area contributed by atoms with Crippen LogP contribution < -0.4 is 10.6 Å². The number of hydrogen-bond acceptors (Lipinski definition) is 3. The number of carbonyl (C=O) groups excluding carboxylic acids is 2. The molecule has 2 aliphatic rings. The van der Waals surface area contributed by atoms with Gasteiger partial charge in [-0.25, -0.2) is 9.78 Å². The molecule has 1 aromatic heterocycles. The first-order valence-corrected chi connectivity index (χ1v) is 14.2. The minimum absolute atomic E-state index is 0.193. The maximum atomic E-state index is 13.5. The number of hydrogen-bond donors (Lipinski definition) is 3. The number of amides is 3. The molecule has 0 spiro atoms. The fourth-order valence-electron chi connectivity index (χ4n) is 5.69. The van der Waals surface area contributed by atoms with E-state index < -0.39 is 23.2 Å². The Morgan fingerprint density at radius 3 is 2.64 bits per heavy atom. The number of benzene rings is 2. The zero-order valence-electron chi connectivity index (χ0n) is 24.2. The molecule has 10 heteroatoms. The van der Waals surface area contributed by atoms with E-state index in [0.717, 1.165) is 40.1 Å². The van der Waals surface area contributed by atoms with Crippen molar-refractivity contribution in [1.82, 2.24) is 25.5 Å². The third-order valence-electron chi connectivity index (χ3n) is 7.69. The number of rotatable bonds is 5. The number of imidazole rings is 1. The van der Waals surface area contributed by atoms with Crippen molar-refractivity contribution < 1.29 is 22.8 Å². The zero-order chi connectivity index (χ0) is 30.2. The maximum Gasteiger partial charge on any atom is 0.416 e. The standard InChI is InChI=1S/C32H36F3N5O2/c1-19-8-11-26-27(16-19)38-28(37-26)12-14-36-29(41)24-10-9-22(20-6-5-7-21(17-20)32(33,34)35)23-13-15-40(18-25(23)24)30(42)39-31(2,3)4/h5-11,16-17,24-25H,12-15,18H2,1-4H3,(H,36,41)(H,37,38)(H,39,42). The van der Waals surface area contributed by atoms with Gasteiger partial charge in [0.2, 0.25) is 5.91 Å². The molecular formula is C32H36F3N5O2. The number of aromatic amines is 1. The molecule has 3 aromatic rings. The largest absolute Gasteiger partial charge is 0.416 e. The van der Waals surface area contributed by atoms with E-state index in [0.29, 0.717) is 37.1 Å². The second-order valence-corrected chi connectivity index (χ2v) is 12.1. The topological polar surface area (TPSA) is 90.1 Å². The van der Waals surface area contributed by atoms with Crippen LogP contribution in [0.2, 0.25) is 0 Å². The SMILES string of the molecule is Cc1ccc2[nH]c(CCNC(=O)C3C=CC(c4cccc(C(F)(F)F)c4)=C4CCN(C(=O)NC(C)(C)C)CC43)nc2c1. The van der Waals surface area contributed by atoms with Crippen LogP contribution in [0.25, 0.3) is 16.6 Å². The van der Waals surface area contributed by atoms with Gasteiger partial charge in [-0.1, -0.05) is 35.9 Å². The van der Waals surface area contributed by atoms with Crippen molar-refractivity contribution in [3.63, 3.8) is 0 Å². The summed E-state index contributed by atoms with van der Waals surface area (Å²) in [5.41, 5.74) is 3.80. The van der Waals surface area contributed by atoms with Gasteiger partial charge >= 0.3 is 12.2 Å². The monoisotopic (exact) mass is 579 g/mol. The molecule has 0 bridgehead atoms. The molecule has 2 aromatic carbocycles. The van der Waals surface area contributed by atoms with Crippen LogP contribution in [0.5, 0.6) is 0 Å². The molecule has 3 amide bonds. The minimum atomic E-state index is -4.46. The highest BCUT2D eigenvalue weighted by molar-refractivity contribution is 5.87. The average Bonchev–Trinajstić information content (AvgIpc) is 3.32. The van der Waals surface area contributed by atoms with Crippen LogP contribution in [0.3, 0.4) is 0 Å². The lowest BCUT2D eigenvalue weighted by Gasteiger charge is -2.41. The third kappa shape index (κ3) is 6.53. The Labute approximate surface area is 243 Å². The van der Waals surface area contributed by atoms with Crippen molar-refractivity contribution >= 4 is 28.5 Å². The number of aromatic nitrogens is 2. The van der Waals surface area contributed by atoms with E-state index in [1.807, 2.05) is 45.9 Å². The third-order valence-corrected chi connectivity index (χ3v) is 7.69. The molecule has 0 saturated carbocycles. The molecule has 2 atom stereocenters. The summed E-state index contributed by atoms with van der Waals surface area (Å²) in [5, 5.41) is 5.99. The van der Waals surface area contributed by atoms with Gasteiger partial charge in [-0.05, 0) is 75.1 Å². The Morgan fingerprint density at radius 2 is 1.90 bits per heavy atom. The lowest BCUT2D eigenvalue weighted by Crippen LogP contribution is -2.53. The van der Waals surface area contributed by atoms with E-state index in [1.165, 1.54) is 6.07 Å². The van der Waals surface area contributed by atoms with Gasteiger partial charge in [-0.15, -0.1) is 0 Å². The first-order chi connectivity index (χ1) is 19.8. The predicted octanol–water partition coefficient (Wildman–Crippen LogP) is 6.02. The van der Waals surface area contributed by atoms with Crippen molar-refractivity contribution in [1.29, 1.82) is 0 Å². The summed E-state index contributed by atoms with van der Waals surface area (Å²) in [5.74, 6) is -0.363. The van der Waals surface area contributed by atoms with Gasteiger partial charge in [0.1, 0.15) is 5.82 Å². The van der Waals surface area contributed by atoms with Crippen molar-refractivity contribution in [3.05, 3.63) is 82.7 Å². The van der Waals surface area contributed by atoms with Gasteiger partial charge in [0, 0.05) is 37.5 Å². The number of carbonyl (C=O) groups is 2. The number of nitrogens with zero attached hydrogens (tertiary/aromatic N) is 2. The molecule has 222 valence electrons. The molecule has 7 nitrogen and oxygen atoms in total. The highest BCUT2D eigenvalue weighted by atomic mass is 19.4. The number of likely N-dealkylation sites (tertiary alicyclic amines) is 1. The van der Waals surface area contributed by atoms with Crippen LogP contribution >= 0.6 is 0 Å². The molecule has 1 aliphatic heterocycles. The van der Waals surface area contributed by atoms with Gasteiger partial charge in [-0.3, -0.25) is 4.79 Å². The van der Waals surface area contributed by atoms with Crippen LogP contribution in [0.15, 0.2) is 60.2 Å². The first-order valence-electron chi connectivity index (χ1n) is 14.2. The van der Waals surface area contributed by atoms with Crippen LogP contribution in [0, 0.1) is 18.8 Å². The van der Waals surface area contributed by atoms with Gasteiger partial charge in [0.05, 0.1) is 22.5 Å². The number of alkyl halides is 3. The normalized spacial score (nSPS) is 19.2. The van der Waals surface area contributed by atoms with Gasteiger partial charge in [0.15, 0.2) is 0 Å². The number of H-pyrrole nitrogens is 1. The van der Waals surface area contributed by atoms with Gasteiger partial charge < -0.3 is 20.5 Å². The fourth-order valence-corrected chi connectivity index (χ4v) is 5.69. The van der Waals surface area contributed by atoms with Crippen LogP contribution in [0.4, 0.5) is 18.0 Å². The number of piperidine rings is 1. The predicted molar refractivity (Wildman–Crippen MR) is 157 cm³/mol. The van der Waals surface area contributed by atoms with E-state index in [9.17, 15) is 22.8 Å². The zero-order valence-corrected chi connectivity index (χ0v) is 24.2. The first kappa shape index (κ1) is 29.4. The molecule has 2 heterocycles. The number of urea groups is 1. The molecular weight excluding hydrogens is 543 g/mol. The van der Waals surface area contributed by atoms with Crippen molar-refractivity contribution in [2.45, 2.75) is 52.3 Å². The number of fused-ring (bicyclic) bond motifs is 2. The van der Waals surface area contributed by atoms with E-state index in [-0.39, 0.29) is 24.4 Å². The van der Waals surface area contributed by atoms with Crippen molar-refractivity contribution in [3.8, 4) is 0 Å². The number of nitrogens with one attached hydrogen (secondary N) is 3. The van der Waals surface area contributed by atoms with Crippen LogP contribution in [0.1, 0.15) is 49.7 Å². The molecule has 1 saturated heterocycles. The van der Waals surface area contributed by atoms with E-state index in [2.05, 4.69) is 20.6 Å². The quantitative estimate of drug-likeness (QED) is 0.346. The molecule has 42 heavy (non-hydrogen) atoms. The Bertz CT molecular complexity index is 1560. The highest BCUT2D eigenvalue weighted by Gasteiger charge is 2.39. The van der Waals surface area contributed by atoms with E-state index in [4.69, 9.17) is 0 Å². The molecule has 1 aliphatic carbocycles. The Hall–Kier alpha value is -4.08. The number of halogens is 3. The fraction of sp³-hybridized carbons (Fsp3) is 0.406. The molecule has 3 N–H and O–H groups in total. The summed E-state index contributed by atoms with van der Waals surface area (Å²) in [6.07, 6.45) is 0.0277. The van der Waals surface area contributed by atoms with Gasteiger partial charge in [0.25, 0.3) is 0 Å². The lowest BCUT2D eigenvalue weighted by molar-refractivity contribution is -0.137.